The summed E-state index contributed by atoms with van der Waals surface area (Å²) in [6.07, 6.45) is 6.04. The molecule has 0 aliphatic heterocycles. The molecule has 4 nitrogen and oxygen atoms in total. The summed E-state index contributed by atoms with van der Waals surface area (Å²) in [4.78, 5) is 22.5. The van der Waals surface area contributed by atoms with Crippen molar-refractivity contribution in [2.24, 2.45) is 0 Å². The van der Waals surface area contributed by atoms with Gasteiger partial charge in [0.15, 0.2) is 0 Å². The monoisotopic (exact) mass is 343 g/mol. The van der Waals surface area contributed by atoms with Gasteiger partial charge in [-0.15, -0.1) is 0 Å². The summed E-state index contributed by atoms with van der Waals surface area (Å²) < 4.78 is 0. The second kappa shape index (κ2) is 15.5. The van der Waals surface area contributed by atoms with Gasteiger partial charge in [-0.1, -0.05) is 26.2 Å². The Morgan fingerprint density at radius 3 is 2.33 bits per heavy atom. The van der Waals surface area contributed by atoms with Gasteiger partial charge in [0.1, 0.15) is 0 Å². The first-order chi connectivity index (χ1) is 9.51. The van der Waals surface area contributed by atoms with Crippen molar-refractivity contribution in [3.8, 4) is 0 Å². The molecule has 0 aromatic heterocycles. The van der Waals surface area contributed by atoms with Crippen molar-refractivity contribution >= 4 is 37.1 Å². The van der Waals surface area contributed by atoms with Crippen molar-refractivity contribution in [2.75, 3.05) is 5.75 Å². The van der Waals surface area contributed by atoms with Crippen LogP contribution in [0.15, 0.2) is 0 Å². The molecule has 0 heterocycles. The van der Waals surface area contributed by atoms with Gasteiger partial charge in [0, 0.05) is 11.7 Å². The average Bonchev–Trinajstić information content (AvgIpc) is 2.39. The fourth-order valence-electron chi connectivity index (χ4n) is 1.88. The summed E-state index contributed by atoms with van der Waals surface area (Å²) in [5.41, 5.74) is 0. The number of hydrogen-bond acceptors (Lipinski definition) is 5. The molecule has 2 atom stereocenters. The molecule has 0 aromatic rings. The Balaban J connectivity index is 0. The molecular formula is C14H26NNaO3S2. The Morgan fingerprint density at radius 1 is 1.14 bits per heavy atom. The van der Waals surface area contributed by atoms with Gasteiger partial charge in [0.05, 0.1) is 12.0 Å². The first-order valence-electron chi connectivity index (χ1n) is 7.30. The quantitative estimate of drug-likeness (QED) is 0.232. The summed E-state index contributed by atoms with van der Waals surface area (Å²) in [6, 6.07) is -0.857. The van der Waals surface area contributed by atoms with Gasteiger partial charge in [-0.05, 0) is 31.4 Å². The molecule has 0 saturated carbocycles. The SMILES string of the molecule is CCCC[C@H](NC(=O)CCCCC(S)CCS)C(=O)[O-].[Na+]. The number of aliphatic carboxylic acids is 1. The van der Waals surface area contributed by atoms with Gasteiger partial charge < -0.3 is 15.2 Å². The molecule has 0 spiro atoms. The van der Waals surface area contributed by atoms with Crippen LogP contribution in [-0.2, 0) is 9.59 Å². The molecule has 0 bridgehead atoms. The van der Waals surface area contributed by atoms with Gasteiger partial charge >= 0.3 is 29.6 Å². The normalized spacial score (nSPS) is 13.1. The smallest absolute Gasteiger partial charge is 0.548 e. The Hall–Kier alpha value is 0.640. The standard InChI is InChI=1S/C14H27NO3S2.Na/c1-2-3-7-12(14(17)18)15-13(16)8-5-4-6-11(20)9-10-19;/h11-12,19-20H,2-10H2,1H3,(H,15,16)(H,17,18);/q;+1/p-1/t11?,12-;/m0./s1. The minimum Gasteiger partial charge on any atom is -0.548 e. The van der Waals surface area contributed by atoms with Crippen molar-refractivity contribution in [3.63, 3.8) is 0 Å². The van der Waals surface area contributed by atoms with E-state index in [-0.39, 0.29) is 35.5 Å². The van der Waals surface area contributed by atoms with Crippen molar-refractivity contribution in [2.45, 2.75) is 69.6 Å². The van der Waals surface area contributed by atoms with Crippen LogP contribution in [0.4, 0.5) is 0 Å². The van der Waals surface area contributed by atoms with E-state index in [9.17, 15) is 14.7 Å². The van der Waals surface area contributed by atoms with Crippen LogP contribution in [0.3, 0.4) is 0 Å². The van der Waals surface area contributed by atoms with Gasteiger partial charge in [-0.2, -0.15) is 25.3 Å². The molecule has 0 aromatic carbocycles. The van der Waals surface area contributed by atoms with Crippen LogP contribution in [0.25, 0.3) is 0 Å². The second-order valence-corrected chi connectivity index (χ2v) is 6.17. The van der Waals surface area contributed by atoms with Crippen LogP contribution in [0.1, 0.15) is 58.3 Å². The first-order valence-corrected chi connectivity index (χ1v) is 8.45. The molecule has 0 aliphatic carbocycles. The predicted molar refractivity (Wildman–Crippen MR) is 86.2 cm³/mol. The molecule has 0 rings (SSSR count). The number of amides is 1. The molecule has 0 radical (unpaired) electrons. The minimum absolute atomic E-state index is 0. The second-order valence-electron chi connectivity index (χ2n) is 4.99. The number of hydrogen-bond donors (Lipinski definition) is 3. The largest absolute Gasteiger partial charge is 1.00 e. The molecule has 0 aliphatic rings. The van der Waals surface area contributed by atoms with Crippen LogP contribution in [-0.4, -0.2) is 28.9 Å². The zero-order chi connectivity index (χ0) is 15.4. The van der Waals surface area contributed by atoms with Crippen LogP contribution in [0.5, 0.6) is 0 Å². The molecule has 1 unspecified atom stereocenters. The van der Waals surface area contributed by atoms with Gasteiger partial charge in [-0.25, -0.2) is 0 Å². The number of carbonyl (C=O) groups excluding carboxylic acids is 2. The van der Waals surface area contributed by atoms with E-state index in [1.54, 1.807) is 0 Å². The minimum atomic E-state index is -1.20. The van der Waals surface area contributed by atoms with Crippen molar-refractivity contribution < 1.29 is 44.3 Å². The predicted octanol–water partition coefficient (Wildman–Crippen LogP) is -1.41. The molecular weight excluding hydrogens is 317 g/mol. The molecule has 1 amide bonds. The van der Waals surface area contributed by atoms with Crippen molar-refractivity contribution in [1.82, 2.24) is 5.32 Å². The van der Waals surface area contributed by atoms with E-state index < -0.39 is 12.0 Å². The van der Waals surface area contributed by atoms with E-state index >= 15 is 0 Å². The van der Waals surface area contributed by atoms with Crippen molar-refractivity contribution in [1.29, 1.82) is 0 Å². The van der Waals surface area contributed by atoms with E-state index in [4.69, 9.17) is 0 Å². The number of thiol groups is 2. The fraction of sp³-hybridized carbons (Fsp3) is 0.857. The number of nitrogens with one attached hydrogen (secondary N) is 1. The topological polar surface area (TPSA) is 69.2 Å². The Kier molecular flexibility index (Phi) is 17.7. The van der Waals surface area contributed by atoms with E-state index in [0.29, 0.717) is 18.1 Å². The maximum Gasteiger partial charge on any atom is 1.00 e. The van der Waals surface area contributed by atoms with Crippen LogP contribution >= 0.6 is 25.3 Å². The third-order valence-electron chi connectivity index (χ3n) is 3.12. The molecule has 0 saturated heterocycles. The summed E-state index contributed by atoms with van der Waals surface area (Å²) in [5.74, 6) is -0.587. The van der Waals surface area contributed by atoms with E-state index in [1.165, 1.54) is 0 Å². The molecule has 21 heavy (non-hydrogen) atoms. The van der Waals surface area contributed by atoms with E-state index in [2.05, 4.69) is 30.6 Å². The van der Waals surface area contributed by atoms with E-state index in [0.717, 1.165) is 44.3 Å². The van der Waals surface area contributed by atoms with E-state index in [1.807, 2.05) is 6.92 Å². The zero-order valence-electron chi connectivity index (χ0n) is 13.1. The third-order valence-corrected chi connectivity index (χ3v) is 3.89. The summed E-state index contributed by atoms with van der Waals surface area (Å²) in [6.45, 7) is 1.98. The van der Waals surface area contributed by atoms with Crippen LogP contribution in [0.2, 0.25) is 0 Å². The molecule has 7 heteroatoms. The van der Waals surface area contributed by atoms with Crippen LogP contribution < -0.4 is 40.0 Å². The Morgan fingerprint density at radius 2 is 1.81 bits per heavy atom. The number of rotatable bonds is 12. The molecule has 1 N–H and O–H groups in total. The molecule has 118 valence electrons. The van der Waals surface area contributed by atoms with Gasteiger partial charge in [0.2, 0.25) is 5.91 Å². The van der Waals surface area contributed by atoms with Crippen LogP contribution in [0, 0.1) is 0 Å². The third kappa shape index (κ3) is 14.0. The Bertz CT molecular complexity index is 293. The summed E-state index contributed by atoms with van der Waals surface area (Å²) in [5, 5.41) is 13.8. The van der Waals surface area contributed by atoms with Gasteiger partial charge in [-0.3, -0.25) is 4.79 Å². The van der Waals surface area contributed by atoms with Crippen molar-refractivity contribution in [3.05, 3.63) is 0 Å². The number of carbonyl (C=O) groups is 2. The fourth-order valence-corrected chi connectivity index (χ4v) is 2.71. The summed E-state index contributed by atoms with van der Waals surface area (Å²) in [7, 11) is 0. The maximum atomic E-state index is 11.7. The first kappa shape index (κ1) is 23.9. The average molecular weight is 343 g/mol. The molecule has 0 fully saturated rings. The maximum absolute atomic E-state index is 11.7. The number of carboxylic acids is 1. The summed E-state index contributed by atoms with van der Waals surface area (Å²) >= 11 is 8.57. The number of carboxylic acid groups (broad SMARTS) is 1. The number of unbranched alkanes of at least 4 members (excludes halogenated alkanes) is 2. The van der Waals surface area contributed by atoms with Gasteiger partial charge in [0.25, 0.3) is 0 Å². The Labute approximate surface area is 161 Å². The zero-order valence-corrected chi connectivity index (χ0v) is 16.9.